The normalized spacial score (nSPS) is 30.5. The number of nitrogens with one attached hydrogen (secondary N) is 1. The smallest absolute Gasteiger partial charge is 0.137 e. The maximum absolute atomic E-state index is 4.40. The Balaban J connectivity index is 1.94. The fourth-order valence-electron chi connectivity index (χ4n) is 2.82. The SMILES string of the molecule is CC1NCCC1c1nnc2n1CCCC2. The summed E-state index contributed by atoms with van der Waals surface area (Å²) in [6.45, 7) is 4.50. The molecule has 15 heavy (non-hydrogen) atoms. The fraction of sp³-hybridized carbons (Fsp3) is 0.818. The summed E-state index contributed by atoms with van der Waals surface area (Å²) in [5, 5.41) is 12.2. The van der Waals surface area contributed by atoms with Gasteiger partial charge >= 0.3 is 0 Å². The largest absolute Gasteiger partial charge is 0.315 e. The lowest BCUT2D eigenvalue weighted by molar-refractivity contribution is 0.474. The molecule has 4 heteroatoms. The molecule has 0 aliphatic carbocycles. The molecule has 3 rings (SSSR count). The van der Waals surface area contributed by atoms with E-state index >= 15 is 0 Å². The van der Waals surface area contributed by atoms with Gasteiger partial charge in [-0.15, -0.1) is 10.2 Å². The minimum absolute atomic E-state index is 0.556. The second-order valence-electron chi connectivity index (χ2n) is 4.72. The standard InChI is InChI=1S/C11H18N4/c1-8-9(5-6-12-8)11-14-13-10-4-2-3-7-15(10)11/h8-9,12H,2-7H2,1H3. The van der Waals surface area contributed by atoms with Crippen LogP contribution < -0.4 is 5.32 Å². The van der Waals surface area contributed by atoms with Gasteiger partial charge in [0, 0.05) is 24.9 Å². The molecule has 1 N–H and O–H groups in total. The lowest BCUT2D eigenvalue weighted by Crippen LogP contribution is -2.24. The average molecular weight is 206 g/mol. The monoisotopic (exact) mass is 206 g/mol. The first-order valence-electron chi connectivity index (χ1n) is 6.01. The van der Waals surface area contributed by atoms with E-state index in [1.807, 2.05) is 0 Å². The first kappa shape index (κ1) is 9.33. The second kappa shape index (κ2) is 3.59. The van der Waals surface area contributed by atoms with Crippen molar-refractivity contribution in [3.63, 3.8) is 0 Å². The van der Waals surface area contributed by atoms with Gasteiger partial charge in [0.2, 0.25) is 0 Å². The van der Waals surface area contributed by atoms with E-state index in [2.05, 4.69) is 27.0 Å². The van der Waals surface area contributed by atoms with Crippen LogP contribution in [0.1, 0.15) is 43.8 Å². The third-order valence-corrected chi connectivity index (χ3v) is 3.74. The van der Waals surface area contributed by atoms with Crippen molar-refractivity contribution in [2.45, 2.75) is 51.1 Å². The van der Waals surface area contributed by atoms with Gasteiger partial charge < -0.3 is 9.88 Å². The van der Waals surface area contributed by atoms with E-state index in [9.17, 15) is 0 Å². The van der Waals surface area contributed by atoms with Gasteiger partial charge in [0.25, 0.3) is 0 Å². The van der Waals surface area contributed by atoms with Crippen LogP contribution in [0.25, 0.3) is 0 Å². The van der Waals surface area contributed by atoms with Crippen molar-refractivity contribution in [2.75, 3.05) is 6.54 Å². The highest BCUT2D eigenvalue weighted by Gasteiger charge is 2.30. The highest BCUT2D eigenvalue weighted by Crippen LogP contribution is 2.28. The summed E-state index contributed by atoms with van der Waals surface area (Å²) in [6.07, 6.45) is 4.88. The van der Waals surface area contributed by atoms with Crippen LogP contribution in [0.5, 0.6) is 0 Å². The van der Waals surface area contributed by atoms with Crippen LogP contribution in [-0.2, 0) is 13.0 Å². The Morgan fingerprint density at radius 1 is 1.33 bits per heavy atom. The number of fused-ring (bicyclic) bond motifs is 1. The van der Waals surface area contributed by atoms with Crippen LogP contribution in [0.3, 0.4) is 0 Å². The van der Waals surface area contributed by atoms with Crippen molar-refractivity contribution in [3.05, 3.63) is 11.6 Å². The van der Waals surface area contributed by atoms with E-state index in [4.69, 9.17) is 0 Å². The van der Waals surface area contributed by atoms with Gasteiger partial charge in [-0.25, -0.2) is 0 Å². The van der Waals surface area contributed by atoms with Gasteiger partial charge in [0.1, 0.15) is 11.6 Å². The maximum Gasteiger partial charge on any atom is 0.137 e. The number of hydrogen-bond donors (Lipinski definition) is 1. The van der Waals surface area contributed by atoms with Gasteiger partial charge in [0.15, 0.2) is 0 Å². The van der Waals surface area contributed by atoms with Gasteiger partial charge in [0.05, 0.1) is 0 Å². The summed E-state index contributed by atoms with van der Waals surface area (Å²) in [5.74, 6) is 3.00. The molecule has 0 bridgehead atoms. The minimum Gasteiger partial charge on any atom is -0.315 e. The predicted molar refractivity (Wildman–Crippen MR) is 57.8 cm³/mol. The van der Waals surface area contributed by atoms with E-state index in [0.29, 0.717) is 12.0 Å². The quantitative estimate of drug-likeness (QED) is 0.747. The van der Waals surface area contributed by atoms with Crippen LogP contribution in [0, 0.1) is 0 Å². The maximum atomic E-state index is 4.40. The van der Waals surface area contributed by atoms with Crippen molar-refractivity contribution in [3.8, 4) is 0 Å². The molecule has 4 nitrogen and oxygen atoms in total. The van der Waals surface area contributed by atoms with Crippen molar-refractivity contribution in [1.82, 2.24) is 20.1 Å². The predicted octanol–water partition coefficient (Wildman–Crippen LogP) is 1.08. The molecule has 0 spiro atoms. The Morgan fingerprint density at radius 3 is 3.07 bits per heavy atom. The molecule has 2 aliphatic heterocycles. The zero-order valence-electron chi connectivity index (χ0n) is 9.24. The first-order chi connectivity index (χ1) is 7.36. The van der Waals surface area contributed by atoms with E-state index < -0.39 is 0 Å². The van der Waals surface area contributed by atoms with E-state index in [-0.39, 0.29) is 0 Å². The fourth-order valence-corrected chi connectivity index (χ4v) is 2.82. The Hall–Kier alpha value is -0.900. The highest BCUT2D eigenvalue weighted by atomic mass is 15.3. The van der Waals surface area contributed by atoms with Crippen molar-refractivity contribution < 1.29 is 0 Å². The summed E-state index contributed by atoms with van der Waals surface area (Å²) < 4.78 is 2.36. The Labute approximate surface area is 90.1 Å². The summed E-state index contributed by atoms with van der Waals surface area (Å²) >= 11 is 0. The van der Waals surface area contributed by atoms with Crippen LogP contribution in [0.4, 0.5) is 0 Å². The average Bonchev–Trinajstić information content (AvgIpc) is 2.83. The minimum atomic E-state index is 0.556. The molecule has 82 valence electrons. The molecular weight excluding hydrogens is 188 g/mol. The van der Waals surface area contributed by atoms with Gasteiger partial charge in [-0.2, -0.15) is 0 Å². The molecule has 2 atom stereocenters. The van der Waals surface area contributed by atoms with Crippen LogP contribution >= 0.6 is 0 Å². The molecule has 2 aliphatic rings. The molecule has 1 saturated heterocycles. The highest BCUT2D eigenvalue weighted by molar-refractivity contribution is 5.09. The summed E-state index contributed by atoms with van der Waals surface area (Å²) in [7, 11) is 0. The summed E-state index contributed by atoms with van der Waals surface area (Å²) in [4.78, 5) is 0. The lowest BCUT2D eigenvalue weighted by Gasteiger charge is -2.19. The third-order valence-electron chi connectivity index (χ3n) is 3.74. The molecule has 1 aromatic heterocycles. The first-order valence-corrected chi connectivity index (χ1v) is 6.01. The Morgan fingerprint density at radius 2 is 2.27 bits per heavy atom. The molecule has 3 heterocycles. The van der Waals surface area contributed by atoms with Crippen LogP contribution in [0.15, 0.2) is 0 Å². The number of hydrogen-bond acceptors (Lipinski definition) is 3. The zero-order valence-corrected chi connectivity index (χ0v) is 9.24. The topological polar surface area (TPSA) is 42.7 Å². The molecule has 1 fully saturated rings. The van der Waals surface area contributed by atoms with Gasteiger partial charge in [-0.3, -0.25) is 0 Å². The Bertz CT molecular complexity index is 357. The van der Waals surface area contributed by atoms with Crippen molar-refractivity contribution in [2.24, 2.45) is 0 Å². The second-order valence-corrected chi connectivity index (χ2v) is 4.72. The lowest BCUT2D eigenvalue weighted by atomic mass is 10.0. The summed E-state index contributed by atoms with van der Waals surface area (Å²) in [6, 6.07) is 0.556. The number of rotatable bonds is 1. The molecule has 0 saturated carbocycles. The Kier molecular flexibility index (Phi) is 2.24. The number of aryl methyl sites for hydroxylation is 1. The van der Waals surface area contributed by atoms with Crippen molar-refractivity contribution >= 4 is 0 Å². The van der Waals surface area contributed by atoms with E-state index in [0.717, 1.165) is 19.5 Å². The number of nitrogens with zero attached hydrogens (tertiary/aromatic N) is 3. The van der Waals surface area contributed by atoms with Gasteiger partial charge in [-0.05, 0) is 32.7 Å². The van der Waals surface area contributed by atoms with E-state index in [1.165, 1.54) is 30.9 Å². The number of aromatic nitrogens is 3. The molecular formula is C11H18N4. The van der Waals surface area contributed by atoms with Crippen molar-refractivity contribution in [1.29, 1.82) is 0 Å². The molecule has 0 aromatic carbocycles. The molecule has 1 aromatic rings. The molecule has 0 amide bonds. The summed E-state index contributed by atoms with van der Waals surface area (Å²) in [5.41, 5.74) is 0. The van der Waals surface area contributed by atoms with E-state index in [1.54, 1.807) is 0 Å². The molecule has 2 unspecified atom stereocenters. The zero-order chi connectivity index (χ0) is 10.3. The van der Waals surface area contributed by atoms with Crippen LogP contribution in [0.2, 0.25) is 0 Å². The van der Waals surface area contributed by atoms with Crippen LogP contribution in [-0.4, -0.2) is 27.4 Å². The third kappa shape index (κ3) is 1.47. The van der Waals surface area contributed by atoms with Gasteiger partial charge in [-0.1, -0.05) is 0 Å². The molecule has 0 radical (unpaired) electrons.